The predicted molar refractivity (Wildman–Crippen MR) is 408 cm³/mol. The van der Waals surface area contributed by atoms with Crippen LogP contribution in [0.15, 0.2) is 352 Å². The molecule has 16 aromatic carbocycles. The van der Waals surface area contributed by atoms with Crippen LogP contribution in [0.3, 0.4) is 0 Å². The van der Waals surface area contributed by atoms with Gasteiger partial charge in [-0.3, -0.25) is 0 Å². The SMILES string of the molecule is c1ccc2c(c1)-c1ccccc1C21c2ccccc2-c2c(-c3cccc4c3-c3ccccc3C43c4ccccc4-c4c(-c5cccc6c5-c5ccccc5C65c6ccccc6-c6c(-c7cccc8c7-c7ccccc7C87c8ccccc8-c8ccccc87)cccc65)cccc43)cccc21. The maximum atomic E-state index is 2.47. The topological polar surface area (TPSA) is 0 Å². The van der Waals surface area contributed by atoms with Gasteiger partial charge in [0.1, 0.15) is 0 Å². The lowest BCUT2D eigenvalue weighted by atomic mass is 9.69. The normalized spacial score (nSPS) is 17.2. The fourth-order valence-corrected chi connectivity index (χ4v) is 22.1. The van der Waals surface area contributed by atoms with E-state index in [-0.39, 0.29) is 0 Å². The van der Waals surface area contributed by atoms with Crippen molar-refractivity contribution in [3.8, 4) is 122 Å². The van der Waals surface area contributed by atoms with Crippen LogP contribution in [0.5, 0.6) is 0 Å². The summed E-state index contributed by atoms with van der Waals surface area (Å²) in [4.78, 5) is 0. The zero-order valence-electron chi connectivity index (χ0n) is 54.5. The van der Waals surface area contributed by atoms with Crippen LogP contribution in [0.1, 0.15) is 89.0 Å². The molecule has 24 rings (SSSR count). The van der Waals surface area contributed by atoms with Gasteiger partial charge in [-0.1, -0.05) is 352 Å². The molecule has 0 amide bonds. The number of benzene rings is 16. The first-order chi connectivity index (χ1) is 49.7. The second-order valence-electron chi connectivity index (χ2n) is 28.8. The fraction of sp³-hybridized carbons (Fsp3) is 0.0400. The Hall–Kier alpha value is -12.5. The third-order valence-corrected chi connectivity index (χ3v) is 25.2. The monoisotopic (exact) mass is 1260 g/mol. The van der Waals surface area contributed by atoms with E-state index < -0.39 is 21.7 Å². The van der Waals surface area contributed by atoms with Crippen LogP contribution in [0.4, 0.5) is 0 Å². The van der Waals surface area contributed by atoms with Crippen LogP contribution in [0, 0.1) is 0 Å². The van der Waals surface area contributed by atoms with Gasteiger partial charge >= 0.3 is 0 Å². The average molecular weight is 1260 g/mol. The van der Waals surface area contributed by atoms with E-state index in [0.29, 0.717) is 0 Å². The number of rotatable bonds is 3. The Morgan fingerprint density at radius 2 is 0.200 bits per heavy atom. The van der Waals surface area contributed by atoms with Crippen molar-refractivity contribution in [1.82, 2.24) is 0 Å². The molecule has 4 spiro atoms. The molecule has 0 saturated heterocycles. The van der Waals surface area contributed by atoms with Crippen LogP contribution in [-0.2, 0) is 21.7 Å². The maximum absolute atomic E-state index is 2.47. The standard InChI is InChI=1S/C100H58/c1-11-43-75-59(27-1)60-28-2-12-44-76(60)97(75)79-47-15-5-31-69(79)91-63(37-21-53-85(91)97)65-39-23-55-87-93(65)71-33-7-17-49-81(71)99(87)83-51-19-9-35-73(83)95-67(41-25-57-89(95)99)68-42-26-58-90-96(68)74-36-10-20-52-84(74)100(90)82-50-18-8-34-72(82)94-66(40-24-56-88(94)100)64-38-22-54-86-92(64)70-32-6-16-48-80(70)98(86)77-45-13-3-29-61(77)62-30-4-14-46-78(62)98/h1-58H. The molecule has 0 aromatic heterocycles. The molecule has 0 heterocycles. The smallest absolute Gasteiger partial charge is 0.0619 e. The van der Waals surface area contributed by atoms with Crippen LogP contribution in [0.25, 0.3) is 122 Å². The number of fused-ring (bicyclic) bond motifs is 40. The van der Waals surface area contributed by atoms with Gasteiger partial charge in [0.05, 0.1) is 21.7 Å². The minimum atomic E-state index is -0.608. The van der Waals surface area contributed by atoms with Crippen molar-refractivity contribution in [3.63, 3.8) is 0 Å². The molecule has 0 heteroatoms. The number of hydrogen-bond donors (Lipinski definition) is 0. The first-order valence-electron chi connectivity index (χ1n) is 35.5. The molecule has 458 valence electrons. The summed E-state index contributed by atoms with van der Waals surface area (Å²) in [5, 5.41) is 0. The van der Waals surface area contributed by atoms with Crippen LogP contribution < -0.4 is 0 Å². The molecule has 16 aromatic rings. The Morgan fingerprint density at radius 3 is 0.370 bits per heavy atom. The van der Waals surface area contributed by atoms with E-state index in [1.54, 1.807) is 0 Å². The average Bonchev–Trinajstić information content (AvgIpc) is 1.51. The van der Waals surface area contributed by atoms with Gasteiger partial charge in [-0.15, -0.1) is 0 Å². The van der Waals surface area contributed by atoms with E-state index in [0.717, 1.165) is 0 Å². The first-order valence-corrected chi connectivity index (χ1v) is 35.5. The van der Waals surface area contributed by atoms with Crippen molar-refractivity contribution in [1.29, 1.82) is 0 Å². The second-order valence-corrected chi connectivity index (χ2v) is 28.8. The van der Waals surface area contributed by atoms with Crippen molar-refractivity contribution in [2.45, 2.75) is 21.7 Å². The van der Waals surface area contributed by atoms with Crippen molar-refractivity contribution in [2.75, 3.05) is 0 Å². The zero-order valence-corrected chi connectivity index (χ0v) is 54.5. The van der Waals surface area contributed by atoms with Gasteiger partial charge in [-0.05, 0) is 211 Å². The Kier molecular flexibility index (Phi) is 10.1. The zero-order chi connectivity index (χ0) is 65.0. The molecule has 0 nitrogen and oxygen atoms in total. The molecule has 0 N–H and O–H groups in total. The number of hydrogen-bond acceptors (Lipinski definition) is 0. The maximum Gasteiger partial charge on any atom is 0.0725 e. The van der Waals surface area contributed by atoms with Gasteiger partial charge in [-0.25, -0.2) is 0 Å². The van der Waals surface area contributed by atoms with Crippen LogP contribution in [-0.4, -0.2) is 0 Å². The predicted octanol–water partition coefficient (Wildman–Crippen LogP) is 24.1. The van der Waals surface area contributed by atoms with E-state index in [9.17, 15) is 0 Å². The highest BCUT2D eigenvalue weighted by Gasteiger charge is 2.58. The summed E-state index contributed by atoms with van der Waals surface area (Å²) in [6.07, 6.45) is 0. The largest absolute Gasteiger partial charge is 0.0725 e. The van der Waals surface area contributed by atoms with E-state index in [1.165, 1.54) is 211 Å². The molecule has 0 saturated carbocycles. The molecule has 0 radical (unpaired) electrons. The van der Waals surface area contributed by atoms with E-state index >= 15 is 0 Å². The Bertz CT molecular complexity index is 5960. The van der Waals surface area contributed by atoms with Crippen molar-refractivity contribution >= 4 is 0 Å². The summed E-state index contributed by atoms with van der Waals surface area (Å²) < 4.78 is 0. The van der Waals surface area contributed by atoms with Gasteiger partial charge in [-0.2, -0.15) is 0 Å². The third kappa shape index (κ3) is 5.91. The molecule has 2 unspecified atom stereocenters. The molecular weight excluding hydrogens is 1200 g/mol. The third-order valence-electron chi connectivity index (χ3n) is 25.2. The first kappa shape index (κ1) is 53.6. The summed E-state index contributed by atoms with van der Waals surface area (Å²) >= 11 is 0. The van der Waals surface area contributed by atoms with Crippen LogP contribution >= 0.6 is 0 Å². The Balaban J connectivity index is 0.715. The highest BCUT2D eigenvalue weighted by molar-refractivity contribution is 6.11. The quantitative estimate of drug-likeness (QED) is 0.165. The second kappa shape index (κ2) is 18.8. The summed E-state index contributed by atoms with van der Waals surface area (Å²) in [5.74, 6) is 0. The molecule has 0 bridgehead atoms. The van der Waals surface area contributed by atoms with Crippen molar-refractivity contribution in [3.05, 3.63) is 441 Å². The Labute approximate surface area is 581 Å². The molecule has 8 aliphatic carbocycles. The highest BCUT2D eigenvalue weighted by atomic mass is 14.6. The molecule has 2 atom stereocenters. The van der Waals surface area contributed by atoms with Crippen molar-refractivity contribution < 1.29 is 0 Å². The van der Waals surface area contributed by atoms with E-state index in [1.807, 2.05) is 0 Å². The van der Waals surface area contributed by atoms with E-state index in [4.69, 9.17) is 0 Å². The summed E-state index contributed by atoms with van der Waals surface area (Å²) in [7, 11) is 0. The summed E-state index contributed by atoms with van der Waals surface area (Å²) in [5.41, 5.74) is 48.0. The highest BCUT2D eigenvalue weighted by Crippen LogP contribution is 2.72. The summed E-state index contributed by atoms with van der Waals surface area (Å²) in [6.45, 7) is 0. The lowest BCUT2D eigenvalue weighted by Crippen LogP contribution is -2.26. The summed E-state index contributed by atoms with van der Waals surface area (Å²) in [6, 6.07) is 136. The van der Waals surface area contributed by atoms with Gasteiger partial charge in [0.15, 0.2) is 0 Å². The molecule has 8 aliphatic rings. The fourth-order valence-electron chi connectivity index (χ4n) is 22.1. The molecular formula is C100H58. The molecule has 100 heavy (non-hydrogen) atoms. The van der Waals surface area contributed by atoms with Gasteiger partial charge in [0.2, 0.25) is 0 Å². The van der Waals surface area contributed by atoms with Gasteiger partial charge in [0, 0.05) is 0 Å². The van der Waals surface area contributed by atoms with Crippen molar-refractivity contribution in [2.24, 2.45) is 0 Å². The van der Waals surface area contributed by atoms with Gasteiger partial charge in [0.25, 0.3) is 0 Å². The minimum absolute atomic E-state index is 0.450. The lowest BCUT2D eigenvalue weighted by Gasteiger charge is -2.31. The molecule has 0 fully saturated rings. The molecule has 0 aliphatic heterocycles. The minimum Gasteiger partial charge on any atom is -0.0619 e. The lowest BCUT2D eigenvalue weighted by molar-refractivity contribution is 0.793. The van der Waals surface area contributed by atoms with Crippen LogP contribution in [0.2, 0.25) is 0 Å². The Morgan fingerprint density at radius 1 is 0.0900 bits per heavy atom. The van der Waals surface area contributed by atoms with Gasteiger partial charge < -0.3 is 0 Å². The van der Waals surface area contributed by atoms with E-state index in [2.05, 4.69) is 352 Å².